The topological polar surface area (TPSA) is 54.4 Å². The Morgan fingerprint density at radius 1 is 1.35 bits per heavy atom. The second kappa shape index (κ2) is 6.62. The molecular weight excluding hydrogens is 288 g/mol. The summed E-state index contributed by atoms with van der Waals surface area (Å²) in [6.45, 7) is 11.5. The third-order valence-electron chi connectivity index (χ3n) is 6.44. The standard InChI is InChI=1S/C20H30O3/c1-14-6-9-17-19(2,3)10-5-11-20(17,4)16(14)8-7-15(13-21)12-18(22)23/h7,13,16-17H,1,5-6,8-12H2,2-4H3,(H,22,23)/b15-7+/t16-,17-,20+/m0/s1. The first kappa shape index (κ1) is 18.0. The summed E-state index contributed by atoms with van der Waals surface area (Å²) in [5.74, 6) is 0.0742. The van der Waals surface area contributed by atoms with Crippen LogP contribution in [0.5, 0.6) is 0 Å². The predicted octanol–water partition coefficient (Wildman–Crippen LogP) is 4.78. The molecule has 3 atom stereocenters. The van der Waals surface area contributed by atoms with Crippen LogP contribution in [0.3, 0.4) is 0 Å². The molecule has 0 radical (unpaired) electrons. The molecule has 2 fully saturated rings. The van der Waals surface area contributed by atoms with Crippen molar-refractivity contribution >= 4 is 12.3 Å². The zero-order valence-electron chi connectivity index (χ0n) is 14.7. The van der Waals surface area contributed by atoms with E-state index in [0.717, 1.165) is 12.8 Å². The molecule has 0 aromatic carbocycles. The molecule has 0 aromatic heterocycles. The minimum absolute atomic E-state index is 0.186. The number of carbonyl (C=O) groups excluding carboxylic acids is 1. The second-order valence-corrected chi connectivity index (χ2v) is 8.35. The number of carboxylic acids is 1. The largest absolute Gasteiger partial charge is 0.481 e. The summed E-state index contributed by atoms with van der Waals surface area (Å²) in [5, 5.41) is 8.89. The van der Waals surface area contributed by atoms with Crippen molar-refractivity contribution in [2.75, 3.05) is 0 Å². The van der Waals surface area contributed by atoms with Crippen LogP contribution in [0.15, 0.2) is 23.8 Å². The Balaban J connectivity index is 2.24. The van der Waals surface area contributed by atoms with Crippen molar-refractivity contribution in [3.8, 4) is 0 Å². The Morgan fingerprint density at radius 2 is 2.04 bits per heavy atom. The maximum absolute atomic E-state index is 11.1. The van der Waals surface area contributed by atoms with Crippen molar-refractivity contribution in [2.45, 2.75) is 65.7 Å². The Kier molecular flexibility index (Phi) is 5.17. The first-order valence-corrected chi connectivity index (χ1v) is 8.74. The number of aliphatic carboxylic acids is 1. The smallest absolute Gasteiger partial charge is 0.307 e. The van der Waals surface area contributed by atoms with Crippen LogP contribution in [0.2, 0.25) is 0 Å². The van der Waals surface area contributed by atoms with Gasteiger partial charge in [-0.1, -0.05) is 45.4 Å². The lowest BCUT2D eigenvalue weighted by Gasteiger charge is -2.58. The highest BCUT2D eigenvalue weighted by Gasteiger charge is 2.52. The molecule has 128 valence electrons. The maximum Gasteiger partial charge on any atom is 0.307 e. The van der Waals surface area contributed by atoms with E-state index in [1.165, 1.54) is 31.3 Å². The van der Waals surface area contributed by atoms with Crippen LogP contribution < -0.4 is 0 Å². The van der Waals surface area contributed by atoms with Crippen molar-refractivity contribution in [3.63, 3.8) is 0 Å². The average molecular weight is 318 g/mol. The van der Waals surface area contributed by atoms with Crippen molar-refractivity contribution in [1.82, 2.24) is 0 Å². The predicted molar refractivity (Wildman–Crippen MR) is 92.1 cm³/mol. The molecule has 3 nitrogen and oxygen atoms in total. The molecule has 0 saturated heterocycles. The van der Waals surface area contributed by atoms with Gasteiger partial charge in [0.1, 0.15) is 6.29 Å². The minimum Gasteiger partial charge on any atom is -0.481 e. The summed E-state index contributed by atoms with van der Waals surface area (Å²) in [6, 6.07) is 0. The number of aldehydes is 1. The zero-order valence-corrected chi connectivity index (χ0v) is 14.7. The van der Waals surface area contributed by atoms with Gasteiger partial charge in [-0.15, -0.1) is 0 Å². The number of carboxylic acid groups (broad SMARTS) is 1. The summed E-state index contributed by atoms with van der Waals surface area (Å²) in [5.41, 5.74) is 2.22. The van der Waals surface area contributed by atoms with Gasteiger partial charge in [-0.05, 0) is 60.3 Å². The number of hydrogen-bond acceptors (Lipinski definition) is 2. The molecule has 2 rings (SSSR count). The van der Waals surface area contributed by atoms with Gasteiger partial charge in [0.25, 0.3) is 0 Å². The fourth-order valence-electron chi connectivity index (χ4n) is 5.32. The summed E-state index contributed by atoms with van der Waals surface area (Å²) >= 11 is 0. The van der Waals surface area contributed by atoms with Gasteiger partial charge in [0, 0.05) is 0 Å². The van der Waals surface area contributed by atoms with Gasteiger partial charge in [-0.3, -0.25) is 9.59 Å². The first-order chi connectivity index (χ1) is 10.7. The zero-order chi connectivity index (χ0) is 17.3. The maximum atomic E-state index is 11.1. The van der Waals surface area contributed by atoms with E-state index < -0.39 is 5.97 Å². The number of allylic oxidation sites excluding steroid dienone is 2. The normalized spacial score (nSPS) is 33.9. The van der Waals surface area contributed by atoms with Crippen LogP contribution in [0.25, 0.3) is 0 Å². The number of rotatable bonds is 5. The SMILES string of the molecule is C=C1CC[C@H]2C(C)(C)CCC[C@]2(C)[C@H]1C/C=C(/C=O)CC(=O)O. The Morgan fingerprint density at radius 3 is 2.65 bits per heavy atom. The lowest BCUT2D eigenvalue weighted by Crippen LogP contribution is -2.49. The van der Waals surface area contributed by atoms with Crippen LogP contribution in [0, 0.1) is 22.7 Å². The molecule has 1 N–H and O–H groups in total. The highest BCUT2D eigenvalue weighted by atomic mass is 16.4. The quantitative estimate of drug-likeness (QED) is 0.451. The molecule has 3 heteroatoms. The van der Waals surface area contributed by atoms with Gasteiger partial charge in [-0.25, -0.2) is 0 Å². The van der Waals surface area contributed by atoms with Crippen LogP contribution in [-0.4, -0.2) is 17.4 Å². The fourth-order valence-corrected chi connectivity index (χ4v) is 5.32. The van der Waals surface area contributed by atoms with E-state index in [-0.39, 0.29) is 11.8 Å². The first-order valence-electron chi connectivity index (χ1n) is 8.74. The van der Waals surface area contributed by atoms with Crippen molar-refractivity contribution in [1.29, 1.82) is 0 Å². The fraction of sp³-hybridized carbons (Fsp3) is 0.700. The molecule has 0 aliphatic heterocycles. The van der Waals surface area contributed by atoms with E-state index in [4.69, 9.17) is 5.11 Å². The molecular formula is C20H30O3. The molecule has 0 unspecified atom stereocenters. The highest BCUT2D eigenvalue weighted by molar-refractivity contribution is 5.83. The van der Waals surface area contributed by atoms with E-state index in [1.54, 1.807) is 0 Å². The summed E-state index contributed by atoms with van der Waals surface area (Å²) in [6.07, 6.45) is 9.06. The lowest BCUT2D eigenvalue weighted by molar-refractivity contribution is -0.136. The Labute approximate surface area is 139 Å². The van der Waals surface area contributed by atoms with Crippen LogP contribution >= 0.6 is 0 Å². The third kappa shape index (κ3) is 3.59. The van der Waals surface area contributed by atoms with Crippen molar-refractivity contribution in [3.05, 3.63) is 23.8 Å². The van der Waals surface area contributed by atoms with Crippen LogP contribution in [0.1, 0.15) is 65.7 Å². The number of hydrogen-bond donors (Lipinski definition) is 1. The highest BCUT2D eigenvalue weighted by Crippen LogP contribution is 2.61. The second-order valence-electron chi connectivity index (χ2n) is 8.35. The monoisotopic (exact) mass is 318 g/mol. The molecule has 2 aliphatic carbocycles. The Bertz CT molecular complexity index is 529. The van der Waals surface area contributed by atoms with E-state index >= 15 is 0 Å². The summed E-state index contributed by atoms with van der Waals surface area (Å²) in [4.78, 5) is 21.9. The van der Waals surface area contributed by atoms with Gasteiger partial charge in [0.15, 0.2) is 0 Å². The minimum atomic E-state index is -0.950. The number of fused-ring (bicyclic) bond motifs is 1. The Hall–Kier alpha value is -1.38. The van der Waals surface area contributed by atoms with E-state index in [0.29, 0.717) is 29.1 Å². The van der Waals surface area contributed by atoms with Crippen molar-refractivity contribution in [2.24, 2.45) is 22.7 Å². The lowest BCUT2D eigenvalue weighted by atomic mass is 9.47. The summed E-state index contributed by atoms with van der Waals surface area (Å²) in [7, 11) is 0. The van der Waals surface area contributed by atoms with E-state index in [9.17, 15) is 9.59 Å². The third-order valence-corrected chi connectivity index (χ3v) is 6.44. The van der Waals surface area contributed by atoms with Crippen LogP contribution in [0.4, 0.5) is 0 Å². The van der Waals surface area contributed by atoms with Crippen LogP contribution in [-0.2, 0) is 9.59 Å². The molecule has 0 spiro atoms. The van der Waals surface area contributed by atoms with Crippen molar-refractivity contribution < 1.29 is 14.7 Å². The molecule has 0 aromatic rings. The summed E-state index contributed by atoms with van der Waals surface area (Å²) < 4.78 is 0. The van der Waals surface area contributed by atoms with Gasteiger partial charge in [0.2, 0.25) is 0 Å². The molecule has 23 heavy (non-hydrogen) atoms. The molecule has 0 amide bonds. The molecule has 2 aliphatic rings. The molecule has 0 bridgehead atoms. The molecule has 0 heterocycles. The van der Waals surface area contributed by atoms with Gasteiger partial charge < -0.3 is 5.11 Å². The van der Waals surface area contributed by atoms with Gasteiger partial charge in [0.05, 0.1) is 6.42 Å². The van der Waals surface area contributed by atoms with Gasteiger partial charge >= 0.3 is 5.97 Å². The van der Waals surface area contributed by atoms with Gasteiger partial charge in [-0.2, -0.15) is 0 Å². The number of carbonyl (C=O) groups is 2. The molecule has 2 saturated carbocycles. The average Bonchev–Trinajstić information content (AvgIpc) is 2.43. The van der Waals surface area contributed by atoms with E-state index in [1.807, 2.05) is 6.08 Å². The van der Waals surface area contributed by atoms with E-state index in [2.05, 4.69) is 27.4 Å².